The molecule has 26 heavy (non-hydrogen) atoms. The van der Waals surface area contributed by atoms with E-state index in [4.69, 9.17) is 4.52 Å². The molecule has 9 heteroatoms. The van der Waals surface area contributed by atoms with Gasteiger partial charge in [-0.3, -0.25) is 4.79 Å². The number of nitrogens with zero attached hydrogens (tertiary/aromatic N) is 2. The van der Waals surface area contributed by atoms with Gasteiger partial charge in [-0.15, -0.1) is 0 Å². The Morgan fingerprint density at radius 3 is 2.92 bits per heavy atom. The van der Waals surface area contributed by atoms with E-state index in [1.165, 1.54) is 28.8 Å². The molecule has 0 bridgehead atoms. The molecule has 1 amide bonds. The van der Waals surface area contributed by atoms with E-state index in [0.29, 0.717) is 18.7 Å². The predicted molar refractivity (Wildman–Crippen MR) is 92.7 cm³/mol. The molecule has 140 valence electrons. The van der Waals surface area contributed by atoms with E-state index in [1.807, 2.05) is 0 Å². The number of aliphatic hydroxyl groups is 1. The molecule has 1 aliphatic heterocycles. The maximum Gasteiger partial charge on any atom is 0.251 e. The van der Waals surface area contributed by atoms with E-state index in [1.54, 1.807) is 12.1 Å². The fraction of sp³-hybridized carbons (Fsp3) is 0.412. The number of hydrogen-bond donors (Lipinski definition) is 2. The zero-order valence-corrected chi connectivity index (χ0v) is 15.0. The van der Waals surface area contributed by atoms with Gasteiger partial charge in [-0.1, -0.05) is 17.6 Å². The molecule has 0 aliphatic carbocycles. The number of aromatic nitrogens is 1. The van der Waals surface area contributed by atoms with Crippen LogP contribution < -0.4 is 5.32 Å². The van der Waals surface area contributed by atoms with Crippen LogP contribution in [-0.2, 0) is 16.6 Å². The SMILES string of the molecule is O=C(NCc1ccon1)c1cccc(S(=O)(=O)N2CCCC[C@@H]2CO)c1. The Hall–Kier alpha value is -2.23. The van der Waals surface area contributed by atoms with E-state index in [9.17, 15) is 18.3 Å². The Labute approximate surface area is 151 Å². The first-order chi connectivity index (χ1) is 12.5. The predicted octanol–water partition coefficient (Wildman–Crippen LogP) is 1.14. The quantitative estimate of drug-likeness (QED) is 0.778. The summed E-state index contributed by atoms with van der Waals surface area (Å²) in [6.07, 6.45) is 3.69. The minimum absolute atomic E-state index is 0.0481. The van der Waals surface area contributed by atoms with Crippen molar-refractivity contribution in [2.45, 2.75) is 36.7 Å². The lowest BCUT2D eigenvalue weighted by Crippen LogP contribution is -2.45. The highest BCUT2D eigenvalue weighted by Gasteiger charge is 2.33. The minimum atomic E-state index is -3.77. The summed E-state index contributed by atoms with van der Waals surface area (Å²) in [6.45, 7) is 0.346. The largest absolute Gasteiger partial charge is 0.395 e. The molecule has 8 nitrogen and oxygen atoms in total. The van der Waals surface area contributed by atoms with E-state index >= 15 is 0 Å². The third-order valence-corrected chi connectivity index (χ3v) is 6.36. The molecule has 0 radical (unpaired) electrons. The monoisotopic (exact) mass is 379 g/mol. The van der Waals surface area contributed by atoms with E-state index in [-0.39, 0.29) is 23.6 Å². The molecule has 0 unspecified atom stereocenters. The molecule has 2 aromatic rings. The Morgan fingerprint density at radius 2 is 2.19 bits per heavy atom. The zero-order valence-electron chi connectivity index (χ0n) is 14.2. The van der Waals surface area contributed by atoms with Crippen LogP contribution in [0, 0.1) is 0 Å². The highest BCUT2D eigenvalue weighted by molar-refractivity contribution is 7.89. The first-order valence-corrected chi connectivity index (χ1v) is 9.86. The second kappa shape index (κ2) is 7.98. The van der Waals surface area contributed by atoms with Crippen LogP contribution in [0.15, 0.2) is 46.0 Å². The van der Waals surface area contributed by atoms with Gasteiger partial charge in [0.05, 0.1) is 18.0 Å². The van der Waals surface area contributed by atoms with Crippen LogP contribution >= 0.6 is 0 Å². The average molecular weight is 379 g/mol. The molecular weight excluding hydrogens is 358 g/mol. The molecule has 1 atom stereocenters. The summed E-state index contributed by atoms with van der Waals surface area (Å²) in [5.74, 6) is -0.401. The molecule has 3 rings (SSSR count). The molecule has 1 aliphatic rings. The summed E-state index contributed by atoms with van der Waals surface area (Å²) in [7, 11) is -3.77. The summed E-state index contributed by atoms with van der Waals surface area (Å²) in [5.41, 5.74) is 0.813. The van der Waals surface area contributed by atoms with Gasteiger partial charge in [0.1, 0.15) is 12.0 Å². The Kier molecular flexibility index (Phi) is 5.70. The van der Waals surface area contributed by atoms with Gasteiger partial charge < -0.3 is 14.9 Å². The van der Waals surface area contributed by atoms with Gasteiger partial charge in [-0.05, 0) is 31.0 Å². The Bertz CT molecular complexity index is 851. The highest BCUT2D eigenvalue weighted by atomic mass is 32.2. The zero-order chi connectivity index (χ0) is 18.6. The molecule has 1 aromatic carbocycles. The number of amides is 1. The van der Waals surface area contributed by atoms with Crippen molar-refractivity contribution in [3.8, 4) is 0 Å². The van der Waals surface area contributed by atoms with E-state index < -0.39 is 22.0 Å². The maximum atomic E-state index is 12.9. The van der Waals surface area contributed by atoms with Gasteiger partial charge in [0.25, 0.3) is 5.91 Å². The molecular formula is C17H21N3O5S. The summed E-state index contributed by atoms with van der Waals surface area (Å²) in [4.78, 5) is 12.3. The van der Waals surface area contributed by atoms with Crippen LogP contribution in [0.4, 0.5) is 0 Å². The molecule has 1 saturated heterocycles. The maximum absolute atomic E-state index is 12.9. The minimum Gasteiger partial charge on any atom is -0.395 e. The van der Waals surface area contributed by atoms with Crippen molar-refractivity contribution < 1.29 is 22.8 Å². The number of piperidine rings is 1. The smallest absolute Gasteiger partial charge is 0.251 e. The normalized spacial score (nSPS) is 18.6. The van der Waals surface area contributed by atoms with Gasteiger partial charge in [-0.2, -0.15) is 4.31 Å². The first-order valence-electron chi connectivity index (χ1n) is 8.42. The summed E-state index contributed by atoms with van der Waals surface area (Å²) < 4.78 is 31.9. The van der Waals surface area contributed by atoms with Gasteiger partial charge in [0, 0.05) is 24.2 Å². The molecule has 0 spiro atoms. The van der Waals surface area contributed by atoms with Gasteiger partial charge in [0.2, 0.25) is 10.0 Å². The van der Waals surface area contributed by atoms with Crippen LogP contribution in [0.2, 0.25) is 0 Å². The van der Waals surface area contributed by atoms with Crippen LogP contribution in [-0.4, -0.2) is 48.1 Å². The van der Waals surface area contributed by atoms with Crippen molar-refractivity contribution in [1.29, 1.82) is 0 Å². The highest BCUT2D eigenvalue weighted by Crippen LogP contribution is 2.25. The van der Waals surface area contributed by atoms with Gasteiger partial charge >= 0.3 is 0 Å². The molecule has 0 saturated carbocycles. The second-order valence-corrected chi connectivity index (χ2v) is 8.04. The number of nitrogens with one attached hydrogen (secondary N) is 1. The number of sulfonamides is 1. The van der Waals surface area contributed by atoms with Crippen LogP contribution in [0.3, 0.4) is 0 Å². The molecule has 2 N–H and O–H groups in total. The second-order valence-electron chi connectivity index (χ2n) is 6.15. The van der Waals surface area contributed by atoms with Crippen molar-refractivity contribution in [2.24, 2.45) is 0 Å². The Morgan fingerprint density at radius 1 is 1.35 bits per heavy atom. The van der Waals surface area contributed by atoms with Crippen molar-refractivity contribution in [3.63, 3.8) is 0 Å². The standard InChI is InChI=1S/C17H21N3O5S/c21-12-15-5-1-2-8-20(15)26(23,24)16-6-3-4-13(10-16)17(22)18-11-14-7-9-25-19-14/h3-4,6-7,9-10,15,21H,1-2,5,8,11-12H2,(H,18,22)/t15-/m1/s1. The van der Waals surface area contributed by atoms with Crippen molar-refractivity contribution in [3.05, 3.63) is 47.9 Å². The topological polar surface area (TPSA) is 113 Å². The van der Waals surface area contributed by atoms with Crippen molar-refractivity contribution in [2.75, 3.05) is 13.2 Å². The summed E-state index contributed by atoms with van der Waals surface area (Å²) in [5, 5.41) is 15.9. The molecule has 2 heterocycles. The van der Waals surface area contributed by atoms with Crippen LogP contribution in [0.1, 0.15) is 35.3 Å². The number of carbonyl (C=O) groups excluding carboxylic acids is 1. The number of carbonyl (C=O) groups is 1. The number of benzene rings is 1. The van der Waals surface area contributed by atoms with Crippen LogP contribution in [0.5, 0.6) is 0 Å². The summed E-state index contributed by atoms with van der Waals surface area (Å²) >= 11 is 0. The number of rotatable bonds is 6. The lowest BCUT2D eigenvalue weighted by atomic mass is 10.1. The molecule has 1 aromatic heterocycles. The lowest BCUT2D eigenvalue weighted by Gasteiger charge is -2.33. The number of aliphatic hydroxyl groups excluding tert-OH is 1. The van der Waals surface area contributed by atoms with E-state index in [0.717, 1.165) is 12.8 Å². The Balaban J connectivity index is 1.78. The van der Waals surface area contributed by atoms with Gasteiger partial charge in [0.15, 0.2) is 0 Å². The average Bonchev–Trinajstić information content (AvgIpc) is 3.19. The fourth-order valence-corrected chi connectivity index (χ4v) is 4.74. The third kappa shape index (κ3) is 3.95. The fourth-order valence-electron chi connectivity index (χ4n) is 3.01. The van der Waals surface area contributed by atoms with Crippen molar-refractivity contribution >= 4 is 15.9 Å². The third-order valence-electron chi connectivity index (χ3n) is 4.41. The van der Waals surface area contributed by atoms with Crippen molar-refractivity contribution in [1.82, 2.24) is 14.8 Å². The lowest BCUT2D eigenvalue weighted by molar-refractivity contribution is 0.0950. The summed E-state index contributed by atoms with van der Waals surface area (Å²) in [6, 6.07) is 7.13. The molecule has 1 fully saturated rings. The van der Waals surface area contributed by atoms with Gasteiger partial charge in [-0.25, -0.2) is 8.42 Å². The number of hydrogen-bond acceptors (Lipinski definition) is 6. The van der Waals surface area contributed by atoms with Crippen LogP contribution in [0.25, 0.3) is 0 Å². The van der Waals surface area contributed by atoms with E-state index in [2.05, 4.69) is 10.5 Å². The first kappa shape index (κ1) is 18.6.